The van der Waals surface area contributed by atoms with Crippen LogP contribution in [0.2, 0.25) is 0 Å². The molecule has 1 saturated heterocycles. The van der Waals surface area contributed by atoms with Crippen LogP contribution in [0.4, 0.5) is 6.01 Å². The van der Waals surface area contributed by atoms with Gasteiger partial charge in [-0.25, -0.2) is 4.79 Å². The maximum atomic E-state index is 11.4. The van der Waals surface area contributed by atoms with E-state index < -0.39 is 5.97 Å². The van der Waals surface area contributed by atoms with E-state index in [1.165, 1.54) is 0 Å². The third-order valence-corrected chi connectivity index (χ3v) is 2.44. The smallest absolute Gasteiger partial charge is 0.357 e. The second-order valence-corrected chi connectivity index (χ2v) is 3.56. The zero-order valence-electron chi connectivity index (χ0n) is 8.71. The van der Waals surface area contributed by atoms with E-state index in [0.717, 1.165) is 6.26 Å². The van der Waals surface area contributed by atoms with Gasteiger partial charge in [0.25, 0.3) is 6.01 Å². The summed E-state index contributed by atoms with van der Waals surface area (Å²) in [4.78, 5) is 29.0. The standard InChI is InChI=1S/C9H11N3O4/c1-11-2-3-12(4-7(11)13)9-10-6(5-16-9)8(14)15/h5H,2-4H2,1H3,(H,14,15). The maximum Gasteiger partial charge on any atom is 0.357 e. The average Bonchev–Trinajstić information content (AvgIpc) is 2.71. The first-order valence-electron chi connectivity index (χ1n) is 4.75. The van der Waals surface area contributed by atoms with Crippen molar-refractivity contribution in [3.8, 4) is 0 Å². The van der Waals surface area contributed by atoms with Crippen LogP contribution >= 0.6 is 0 Å². The van der Waals surface area contributed by atoms with Gasteiger partial charge < -0.3 is 19.3 Å². The van der Waals surface area contributed by atoms with Crippen LogP contribution in [0.5, 0.6) is 0 Å². The molecule has 0 radical (unpaired) electrons. The Labute approximate surface area is 91.3 Å². The minimum Gasteiger partial charge on any atom is -0.476 e. The highest BCUT2D eigenvalue weighted by atomic mass is 16.4. The molecular weight excluding hydrogens is 214 g/mol. The van der Waals surface area contributed by atoms with Crippen molar-refractivity contribution in [2.24, 2.45) is 0 Å². The summed E-state index contributed by atoms with van der Waals surface area (Å²) in [6, 6.07) is 0.179. The fourth-order valence-corrected chi connectivity index (χ4v) is 1.43. The molecule has 0 aliphatic carbocycles. The number of carbonyl (C=O) groups is 2. The summed E-state index contributed by atoms with van der Waals surface area (Å²) in [6.45, 7) is 1.32. The number of carbonyl (C=O) groups excluding carboxylic acids is 1. The molecule has 16 heavy (non-hydrogen) atoms. The molecule has 7 heteroatoms. The lowest BCUT2D eigenvalue weighted by Gasteiger charge is -2.30. The van der Waals surface area contributed by atoms with Crippen molar-refractivity contribution < 1.29 is 19.1 Å². The lowest BCUT2D eigenvalue weighted by atomic mass is 10.3. The van der Waals surface area contributed by atoms with E-state index in [0.29, 0.717) is 13.1 Å². The van der Waals surface area contributed by atoms with E-state index >= 15 is 0 Å². The van der Waals surface area contributed by atoms with Crippen LogP contribution in [0.3, 0.4) is 0 Å². The van der Waals surface area contributed by atoms with Gasteiger partial charge in [-0.2, -0.15) is 4.98 Å². The molecular formula is C9H11N3O4. The number of nitrogens with zero attached hydrogens (tertiary/aromatic N) is 3. The first kappa shape index (κ1) is 10.5. The average molecular weight is 225 g/mol. The highest BCUT2D eigenvalue weighted by molar-refractivity contribution is 5.85. The number of hydrogen-bond donors (Lipinski definition) is 1. The quantitative estimate of drug-likeness (QED) is 0.740. The molecule has 1 aromatic rings. The molecule has 0 aromatic carbocycles. The highest BCUT2D eigenvalue weighted by Gasteiger charge is 2.25. The minimum atomic E-state index is -1.14. The third kappa shape index (κ3) is 1.83. The van der Waals surface area contributed by atoms with Gasteiger partial charge in [-0.15, -0.1) is 0 Å². The van der Waals surface area contributed by atoms with Crippen LogP contribution in [-0.2, 0) is 4.79 Å². The number of piperazine rings is 1. The third-order valence-electron chi connectivity index (χ3n) is 2.44. The molecule has 2 rings (SSSR count). The number of likely N-dealkylation sites (N-methyl/N-ethyl adjacent to an activating group) is 1. The zero-order valence-corrected chi connectivity index (χ0v) is 8.71. The first-order chi connectivity index (χ1) is 7.58. The largest absolute Gasteiger partial charge is 0.476 e. The predicted molar refractivity (Wildman–Crippen MR) is 53.3 cm³/mol. The molecule has 7 nitrogen and oxygen atoms in total. The Morgan fingerprint density at radius 1 is 1.56 bits per heavy atom. The van der Waals surface area contributed by atoms with E-state index in [4.69, 9.17) is 9.52 Å². The Kier molecular flexibility index (Phi) is 2.51. The SMILES string of the molecule is CN1CCN(c2nc(C(=O)O)co2)CC1=O. The number of carboxylic acids is 1. The van der Waals surface area contributed by atoms with Gasteiger partial charge in [-0.1, -0.05) is 0 Å². The number of oxazole rings is 1. The zero-order chi connectivity index (χ0) is 11.7. The van der Waals surface area contributed by atoms with Crippen molar-refractivity contribution >= 4 is 17.9 Å². The van der Waals surface area contributed by atoms with Crippen molar-refractivity contribution in [2.45, 2.75) is 0 Å². The van der Waals surface area contributed by atoms with Gasteiger partial charge in [0.2, 0.25) is 5.91 Å². The summed E-state index contributed by atoms with van der Waals surface area (Å²) in [5.41, 5.74) is -0.152. The molecule has 1 N–H and O–H groups in total. The van der Waals surface area contributed by atoms with Crippen molar-refractivity contribution in [3.05, 3.63) is 12.0 Å². The summed E-state index contributed by atoms with van der Waals surface area (Å²) in [6.07, 6.45) is 1.07. The fourth-order valence-electron chi connectivity index (χ4n) is 1.43. The molecule has 1 amide bonds. The van der Waals surface area contributed by atoms with E-state index in [1.807, 2.05) is 0 Å². The number of anilines is 1. The van der Waals surface area contributed by atoms with Crippen molar-refractivity contribution in [3.63, 3.8) is 0 Å². The molecule has 1 fully saturated rings. The molecule has 86 valence electrons. The second kappa shape index (κ2) is 3.84. The molecule has 0 atom stereocenters. The number of aromatic nitrogens is 1. The molecule has 2 heterocycles. The van der Waals surface area contributed by atoms with E-state index in [9.17, 15) is 9.59 Å². The van der Waals surface area contributed by atoms with Crippen LogP contribution in [0.1, 0.15) is 10.5 Å². The van der Waals surface area contributed by atoms with Gasteiger partial charge in [0.1, 0.15) is 12.8 Å². The number of rotatable bonds is 2. The van der Waals surface area contributed by atoms with Crippen molar-refractivity contribution in [1.82, 2.24) is 9.88 Å². The molecule has 0 unspecified atom stereocenters. The lowest BCUT2D eigenvalue weighted by molar-refractivity contribution is -0.129. The van der Waals surface area contributed by atoms with Crippen molar-refractivity contribution in [2.75, 3.05) is 31.6 Å². The molecule has 1 aromatic heterocycles. The molecule has 1 aliphatic rings. The summed E-state index contributed by atoms with van der Waals surface area (Å²) >= 11 is 0. The van der Waals surface area contributed by atoms with E-state index in [1.54, 1.807) is 16.8 Å². The fraction of sp³-hybridized carbons (Fsp3) is 0.444. The first-order valence-corrected chi connectivity index (χ1v) is 4.75. The van der Waals surface area contributed by atoms with Gasteiger partial charge in [0, 0.05) is 20.1 Å². The Bertz CT molecular complexity index is 428. The normalized spacial score (nSPS) is 16.7. The number of hydrogen-bond acceptors (Lipinski definition) is 5. The Balaban J connectivity index is 2.12. The summed E-state index contributed by atoms with van der Waals surface area (Å²) in [7, 11) is 1.72. The van der Waals surface area contributed by atoms with Gasteiger partial charge in [-0.05, 0) is 0 Å². The van der Waals surface area contributed by atoms with Crippen molar-refractivity contribution in [1.29, 1.82) is 0 Å². The maximum absolute atomic E-state index is 11.4. The summed E-state index contributed by atoms with van der Waals surface area (Å²) in [5, 5.41) is 8.67. The number of carboxylic acid groups (broad SMARTS) is 1. The van der Waals surface area contributed by atoms with Crippen LogP contribution in [0.15, 0.2) is 10.7 Å². The van der Waals surface area contributed by atoms with Gasteiger partial charge in [0.05, 0.1) is 0 Å². The molecule has 0 saturated carbocycles. The number of amides is 1. The van der Waals surface area contributed by atoms with Gasteiger partial charge >= 0.3 is 5.97 Å². The Morgan fingerprint density at radius 3 is 2.88 bits per heavy atom. The summed E-state index contributed by atoms with van der Waals surface area (Å²) < 4.78 is 5.01. The van der Waals surface area contributed by atoms with E-state index in [2.05, 4.69) is 4.98 Å². The number of aromatic carboxylic acids is 1. The van der Waals surface area contributed by atoms with Crippen LogP contribution < -0.4 is 4.90 Å². The lowest BCUT2D eigenvalue weighted by Crippen LogP contribution is -2.48. The second-order valence-electron chi connectivity index (χ2n) is 3.56. The van der Waals surface area contributed by atoms with Crippen LogP contribution in [0, 0.1) is 0 Å². The van der Waals surface area contributed by atoms with Crippen LogP contribution in [0.25, 0.3) is 0 Å². The van der Waals surface area contributed by atoms with E-state index in [-0.39, 0.29) is 24.2 Å². The Hall–Kier alpha value is -2.05. The van der Waals surface area contributed by atoms with Crippen LogP contribution in [-0.4, -0.2) is 53.5 Å². The Morgan fingerprint density at radius 2 is 2.31 bits per heavy atom. The predicted octanol–water partition coefficient (Wildman–Crippen LogP) is -0.349. The topological polar surface area (TPSA) is 86.9 Å². The summed E-state index contributed by atoms with van der Waals surface area (Å²) in [5.74, 6) is -1.18. The van der Waals surface area contributed by atoms with Gasteiger partial charge in [0.15, 0.2) is 5.69 Å². The molecule has 0 spiro atoms. The minimum absolute atomic E-state index is 0.0404. The van der Waals surface area contributed by atoms with Gasteiger partial charge in [-0.3, -0.25) is 4.79 Å². The molecule has 1 aliphatic heterocycles. The molecule has 0 bridgehead atoms. The highest BCUT2D eigenvalue weighted by Crippen LogP contribution is 2.15. The monoisotopic (exact) mass is 225 g/mol.